The number of hydrogen-bond donors (Lipinski definition) is 0. The van der Waals surface area contributed by atoms with Gasteiger partial charge in [-0.05, 0) is 27.1 Å². The molecule has 19 heavy (non-hydrogen) atoms. The van der Waals surface area contributed by atoms with Gasteiger partial charge in [-0.25, -0.2) is 4.39 Å². The largest absolute Gasteiger partial charge is 0.342 e. The molecule has 0 atom stereocenters. The molecule has 1 aromatic carbocycles. The van der Waals surface area contributed by atoms with Gasteiger partial charge in [-0.2, -0.15) is 12.1 Å². The number of rotatable bonds is 2. The minimum atomic E-state index is -0.457. The summed E-state index contributed by atoms with van der Waals surface area (Å²) < 4.78 is 15.9. The summed E-state index contributed by atoms with van der Waals surface area (Å²) >= 11 is 7.94. The van der Waals surface area contributed by atoms with Gasteiger partial charge in [-0.1, -0.05) is 29.4 Å². The molecule has 0 saturated carbocycles. The predicted molar refractivity (Wildman–Crippen MR) is 78.3 cm³/mol. The van der Waals surface area contributed by atoms with Gasteiger partial charge in [-0.3, -0.25) is 4.79 Å². The molecule has 97 valence electrons. The first-order valence-corrected chi connectivity index (χ1v) is 6.77. The summed E-state index contributed by atoms with van der Waals surface area (Å²) in [5.41, 5.74) is 0.437. The maximum atomic E-state index is 13.9. The van der Waals surface area contributed by atoms with E-state index in [1.807, 2.05) is 29.5 Å². The normalized spacial score (nSPS) is 10.1. The molecule has 0 amide bonds. The van der Waals surface area contributed by atoms with E-state index in [0.717, 1.165) is 0 Å². The fraction of sp³-hybridized carbons (Fsp3) is 0.154. The van der Waals surface area contributed by atoms with E-state index in [9.17, 15) is 9.18 Å². The van der Waals surface area contributed by atoms with Crippen LogP contribution in [0.3, 0.4) is 0 Å². The fourth-order valence-electron chi connectivity index (χ4n) is 1.73. The summed E-state index contributed by atoms with van der Waals surface area (Å²) in [4.78, 5) is 12.0. The van der Waals surface area contributed by atoms with Crippen LogP contribution in [0.5, 0.6) is 0 Å². The molecule has 0 bridgehead atoms. The first kappa shape index (κ1) is 17.3. The number of pyridine rings is 1. The Balaban J connectivity index is 0.00000180. The average molecular weight is 465 g/mol. The molecule has 1 heterocycles. The average Bonchev–Trinajstić information content (AvgIpc) is 2.33. The van der Waals surface area contributed by atoms with Crippen molar-refractivity contribution >= 4 is 34.2 Å². The van der Waals surface area contributed by atoms with Crippen LogP contribution in [0, 0.1) is 15.5 Å². The van der Waals surface area contributed by atoms with Gasteiger partial charge in [0.25, 0.3) is 0 Å². The number of hydrogen-bond acceptors (Lipinski definition) is 1. The summed E-state index contributed by atoms with van der Waals surface area (Å²) in [6.07, 6.45) is 0. The third kappa shape index (κ3) is 3.46. The number of halogens is 3. The van der Waals surface area contributed by atoms with Gasteiger partial charge in [0.1, 0.15) is 0 Å². The Hall–Kier alpha value is 0.224. The van der Waals surface area contributed by atoms with Crippen LogP contribution in [0.15, 0.2) is 29.1 Å². The Labute approximate surface area is 154 Å². The second kappa shape index (κ2) is 7.29. The van der Waals surface area contributed by atoms with Gasteiger partial charge in [0.15, 0.2) is 0 Å². The number of nitrogens with zero attached hydrogens (tertiary/aromatic N) is 1. The van der Waals surface area contributed by atoms with Crippen molar-refractivity contribution < 1.29 is 37.1 Å². The standard InChI is InChI=1S/C13H9ClFINO.Y/c1-2-17-11(7-6-10(16)13(17)18)12-8(14)4-3-5-9(12)15;/h3-6H,2H2,1H3;/q-1;. The summed E-state index contributed by atoms with van der Waals surface area (Å²) in [5.74, 6) is -0.457. The molecule has 0 aliphatic carbocycles. The maximum absolute atomic E-state index is 13.9. The molecule has 6 heteroatoms. The first-order chi connectivity index (χ1) is 8.56. The molecule has 1 radical (unpaired) electrons. The molecule has 2 nitrogen and oxygen atoms in total. The third-order valence-corrected chi connectivity index (χ3v) is 3.66. The van der Waals surface area contributed by atoms with Crippen LogP contribution < -0.4 is 5.56 Å². The van der Waals surface area contributed by atoms with Crippen LogP contribution in [0.4, 0.5) is 4.39 Å². The van der Waals surface area contributed by atoms with E-state index < -0.39 is 5.82 Å². The summed E-state index contributed by atoms with van der Waals surface area (Å²) in [6, 6.07) is 8.92. The van der Waals surface area contributed by atoms with Crippen LogP contribution in [0.25, 0.3) is 11.3 Å². The summed E-state index contributed by atoms with van der Waals surface area (Å²) in [5, 5.41) is 0.272. The first-order valence-electron chi connectivity index (χ1n) is 5.31. The van der Waals surface area contributed by atoms with E-state index in [4.69, 9.17) is 11.6 Å². The third-order valence-electron chi connectivity index (χ3n) is 2.57. The van der Waals surface area contributed by atoms with Gasteiger partial charge >= 0.3 is 0 Å². The molecule has 0 unspecified atom stereocenters. The quantitative estimate of drug-likeness (QED) is 0.490. The van der Waals surface area contributed by atoms with Crippen molar-refractivity contribution in [2.24, 2.45) is 0 Å². The molecule has 0 aliphatic heterocycles. The monoisotopic (exact) mass is 465 g/mol. The second-order valence-corrected chi connectivity index (χ2v) is 5.20. The van der Waals surface area contributed by atoms with E-state index in [1.165, 1.54) is 16.7 Å². The van der Waals surface area contributed by atoms with E-state index in [2.05, 4.69) is 6.07 Å². The molecule has 0 fully saturated rings. The Kier molecular flexibility index (Phi) is 6.63. The van der Waals surface area contributed by atoms with Gasteiger partial charge < -0.3 is 4.57 Å². The van der Waals surface area contributed by atoms with Gasteiger partial charge in [0.05, 0.1) is 5.82 Å². The smallest absolute Gasteiger partial charge is 0.207 e. The molecule has 0 spiro atoms. The Morgan fingerprint density at radius 2 is 2.16 bits per heavy atom. The minimum absolute atomic E-state index is 0. The van der Waals surface area contributed by atoms with Crippen LogP contribution >= 0.6 is 34.2 Å². The maximum Gasteiger partial charge on any atom is 0.207 e. The van der Waals surface area contributed by atoms with E-state index in [1.54, 1.807) is 12.1 Å². The second-order valence-electron chi connectivity index (χ2n) is 3.63. The van der Waals surface area contributed by atoms with Crippen molar-refractivity contribution in [3.05, 3.63) is 55.1 Å². The molecule has 1 aromatic heterocycles. The Morgan fingerprint density at radius 3 is 2.74 bits per heavy atom. The molecule has 0 saturated heterocycles. The zero-order valence-electron chi connectivity index (χ0n) is 10.1. The van der Waals surface area contributed by atoms with Crippen molar-refractivity contribution in [1.29, 1.82) is 0 Å². The van der Waals surface area contributed by atoms with Crippen LogP contribution in [0.2, 0.25) is 5.02 Å². The molecule has 0 aliphatic rings. The number of aromatic nitrogens is 1. The van der Waals surface area contributed by atoms with Crippen LogP contribution in [-0.2, 0) is 39.3 Å². The molecule has 2 aromatic rings. The summed E-state index contributed by atoms with van der Waals surface area (Å²) in [6.45, 7) is 2.26. The fourth-order valence-corrected chi connectivity index (χ4v) is 2.43. The molecule has 2 rings (SSSR count). The SMILES string of the molecule is CCn1c(-c2c(F)cccc2Cl)[c-]cc(I)c1=O.[Y]. The summed E-state index contributed by atoms with van der Waals surface area (Å²) in [7, 11) is 0. The van der Waals surface area contributed by atoms with Crippen LogP contribution in [0.1, 0.15) is 6.92 Å². The van der Waals surface area contributed by atoms with Gasteiger partial charge in [0, 0.05) is 39.3 Å². The topological polar surface area (TPSA) is 22.0 Å². The van der Waals surface area contributed by atoms with E-state index in [-0.39, 0.29) is 48.9 Å². The van der Waals surface area contributed by atoms with Crippen molar-refractivity contribution in [1.82, 2.24) is 4.57 Å². The zero-order valence-corrected chi connectivity index (χ0v) is 15.8. The zero-order chi connectivity index (χ0) is 13.3. The van der Waals surface area contributed by atoms with Gasteiger partial charge in [-0.15, -0.1) is 22.6 Å². The van der Waals surface area contributed by atoms with Crippen molar-refractivity contribution in [2.45, 2.75) is 13.5 Å². The minimum Gasteiger partial charge on any atom is -0.342 e. The predicted octanol–water partition coefficient (Wildman–Crippen LogP) is 3.73. The van der Waals surface area contributed by atoms with E-state index in [0.29, 0.717) is 15.8 Å². The van der Waals surface area contributed by atoms with Crippen molar-refractivity contribution in [3.63, 3.8) is 0 Å². The van der Waals surface area contributed by atoms with Crippen LogP contribution in [-0.4, -0.2) is 4.57 Å². The van der Waals surface area contributed by atoms with Crippen molar-refractivity contribution in [3.8, 4) is 11.3 Å². The Bertz CT molecular complexity index is 639. The van der Waals surface area contributed by atoms with Gasteiger partial charge in [0.2, 0.25) is 5.56 Å². The molecule has 0 N–H and O–H groups in total. The van der Waals surface area contributed by atoms with Crippen molar-refractivity contribution in [2.75, 3.05) is 0 Å². The number of benzene rings is 1. The molecular formula is C13H9ClFINOY-. The Morgan fingerprint density at radius 1 is 1.47 bits per heavy atom. The van der Waals surface area contributed by atoms with E-state index >= 15 is 0 Å². The molecular weight excluding hydrogens is 456 g/mol.